The number of aryl methyl sites for hydroxylation is 1. The van der Waals surface area contributed by atoms with E-state index in [9.17, 15) is 0 Å². The fraction of sp³-hybridized carbons (Fsp3) is 0.333. The van der Waals surface area contributed by atoms with Gasteiger partial charge in [-0.2, -0.15) is 0 Å². The largest absolute Gasteiger partial charge is 0.0985 e. The molecule has 0 saturated carbocycles. The molecule has 0 aliphatic rings. The van der Waals surface area contributed by atoms with Gasteiger partial charge in [-0.3, -0.25) is 0 Å². The minimum atomic E-state index is 1.16. The summed E-state index contributed by atoms with van der Waals surface area (Å²) in [6, 6.07) is 6.41. The van der Waals surface area contributed by atoms with E-state index < -0.39 is 0 Å². The van der Waals surface area contributed by atoms with E-state index in [1.807, 2.05) is 6.08 Å². The summed E-state index contributed by atoms with van der Waals surface area (Å²) >= 11 is 3.57. The molecule has 0 aliphatic carbocycles. The van der Waals surface area contributed by atoms with Crippen LogP contribution in [0, 0.1) is 0 Å². The lowest BCUT2D eigenvalue weighted by atomic mass is 10.1. The lowest BCUT2D eigenvalue weighted by molar-refractivity contribution is 0.793. The van der Waals surface area contributed by atoms with Crippen molar-refractivity contribution >= 4 is 22.0 Å². The van der Waals surface area contributed by atoms with Gasteiger partial charge in [0.25, 0.3) is 0 Å². The first-order valence-electron chi connectivity index (χ1n) is 4.68. The molecule has 1 aromatic rings. The Labute approximate surface area is 88.8 Å². The minimum Gasteiger partial charge on any atom is -0.0985 e. The van der Waals surface area contributed by atoms with Gasteiger partial charge in [-0.05, 0) is 30.0 Å². The van der Waals surface area contributed by atoms with Crippen molar-refractivity contribution in [2.75, 3.05) is 0 Å². The van der Waals surface area contributed by atoms with E-state index in [0.29, 0.717) is 0 Å². The van der Waals surface area contributed by atoms with Crippen LogP contribution in [0.15, 0.2) is 29.3 Å². The molecular formula is C12H15Br. The van der Waals surface area contributed by atoms with Crippen molar-refractivity contribution in [1.82, 2.24) is 0 Å². The quantitative estimate of drug-likeness (QED) is 0.728. The molecule has 0 unspecified atom stereocenters. The first-order chi connectivity index (χ1) is 6.27. The van der Waals surface area contributed by atoms with Crippen molar-refractivity contribution < 1.29 is 0 Å². The van der Waals surface area contributed by atoms with E-state index in [4.69, 9.17) is 0 Å². The van der Waals surface area contributed by atoms with E-state index in [-0.39, 0.29) is 0 Å². The zero-order chi connectivity index (χ0) is 9.68. The molecule has 1 rings (SSSR count). The summed E-state index contributed by atoms with van der Waals surface area (Å²) in [5.41, 5.74) is 2.57. The number of hydrogen-bond acceptors (Lipinski definition) is 0. The molecule has 1 heteroatoms. The normalized spacial score (nSPS) is 10.0. The number of halogens is 1. The van der Waals surface area contributed by atoms with E-state index in [0.717, 1.165) is 6.42 Å². The highest BCUT2D eigenvalue weighted by Crippen LogP contribution is 2.20. The molecule has 0 amide bonds. The Bertz CT molecular complexity index is 289. The van der Waals surface area contributed by atoms with Gasteiger partial charge in [0.15, 0.2) is 0 Å². The first-order valence-corrected chi connectivity index (χ1v) is 5.48. The zero-order valence-corrected chi connectivity index (χ0v) is 9.60. The maximum absolute atomic E-state index is 3.74. The van der Waals surface area contributed by atoms with Crippen molar-refractivity contribution in [2.24, 2.45) is 0 Å². The first kappa shape index (κ1) is 10.5. The van der Waals surface area contributed by atoms with Crippen LogP contribution in [-0.2, 0) is 6.42 Å². The Kier molecular flexibility index (Phi) is 4.23. The van der Waals surface area contributed by atoms with Crippen LogP contribution >= 0.6 is 15.9 Å². The smallest absolute Gasteiger partial charge is 0.0213 e. The standard InChI is InChI=1S/C12H15Br/c1-3-5-6-11-8-7-10(4-2)9-12(11)13/h4,7-9H,2-3,5-6H2,1H3. The average Bonchev–Trinajstić information content (AvgIpc) is 2.16. The van der Waals surface area contributed by atoms with Crippen molar-refractivity contribution in [3.05, 3.63) is 40.4 Å². The van der Waals surface area contributed by atoms with Gasteiger partial charge >= 0.3 is 0 Å². The molecule has 13 heavy (non-hydrogen) atoms. The molecule has 0 aromatic heterocycles. The monoisotopic (exact) mass is 238 g/mol. The van der Waals surface area contributed by atoms with E-state index >= 15 is 0 Å². The third-order valence-electron chi connectivity index (χ3n) is 2.11. The highest BCUT2D eigenvalue weighted by atomic mass is 79.9. The summed E-state index contributed by atoms with van der Waals surface area (Å²) in [4.78, 5) is 0. The van der Waals surface area contributed by atoms with Crippen molar-refractivity contribution in [3.63, 3.8) is 0 Å². The van der Waals surface area contributed by atoms with Gasteiger partial charge < -0.3 is 0 Å². The molecule has 0 heterocycles. The fourth-order valence-electron chi connectivity index (χ4n) is 1.26. The van der Waals surface area contributed by atoms with Gasteiger partial charge in [0, 0.05) is 4.47 Å². The van der Waals surface area contributed by atoms with E-state index in [1.165, 1.54) is 28.4 Å². The highest BCUT2D eigenvalue weighted by Gasteiger charge is 1.98. The molecule has 0 radical (unpaired) electrons. The van der Waals surface area contributed by atoms with E-state index in [2.05, 4.69) is 47.6 Å². The Morgan fingerprint density at radius 3 is 2.77 bits per heavy atom. The summed E-state index contributed by atoms with van der Waals surface area (Å²) in [6.07, 6.45) is 5.53. The fourth-order valence-corrected chi connectivity index (χ4v) is 1.86. The topological polar surface area (TPSA) is 0 Å². The Balaban J connectivity index is 2.79. The van der Waals surface area contributed by atoms with Gasteiger partial charge in [0.2, 0.25) is 0 Å². The van der Waals surface area contributed by atoms with Gasteiger partial charge in [-0.25, -0.2) is 0 Å². The zero-order valence-electron chi connectivity index (χ0n) is 8.02. The van der Waals surface area contributed by atoms with Crippen LogP contribution < -0.4 is 0 Å². The summed E-state index contributed by atoms with van der Waals surface area (Å²) in [5.74, 6) is 0. The van der Waals surface area contributed by atoms with Crippen LogP contribution in [0.4, 0.5) is 0 Å². The molecule has 0 saturated heterocycles. The summed E-state index contributed by atoms with van der Waals surface area (Å²) in [7, 11) is 0. The second kappa shape index (κ2) is 5.23. The van der Waals surface area contributed by atoms with E-state index in [1.54, 1.807) is 0 Å². The molecule has 0 aliphatic heterocycles. The predicted molar refractivity (Wildman–Crippen MR) is 62.8 cm³/mol. The van der Waals surface area contributed by atoms with Crippen LogP contribution in [0.2, 0.25) is 0 Å². The predicted octanol–water partition coefficient (Wildman–Crippen LogP) is 4.43. The maximum atomic E-state index is 3.74. The van der Waals surface area contributed by atoms with Gasteiger partial charge in [0.05, 0.1) is 0 Å². The third kappa shape index (κ3) is 3.00. The van der Waals surface area contributed by atoms with Crippen LogP contribution in [0.25, 0.3) is 6.08 Å². The molecule has 1 aromatic carbocycles. The molecule has 0 atom stereocenters. The SMILES string of the molecule is C=Cc1ccc(CCCC)c(Br)c1. The van der Waals surface area contributed by atoms with Crippen LogP contribution in [0.5, 0.6) is 0 Å². The van der Waals surface area contributed by atoms with Gasteiger partial charge in [0.1, 0.15) is 0 Å². The van der Waals surface area contributed by atoms with Crippen LogP contribution in [-0.4, -0.2) is 0 Å². The number of benzene rings is 1. The molecule has 0 spiro atoms. The number of hydrogen-bond donors (Lipinski definition) is 0. The maximum Gasteiger partial charge on any atom is 0.0213 e. The summed E-state index contributed by atoms with van der Waals surface area (Å²) in [5, 5.41) is 0. The average molecular weight is 239 g/mol. The van der Waals surface area contributed by atoms with Crippen molar-refractivity contribution in [2.45, 2.75) is 26.2 Å². The second-order valence-corrected chi connectivity index (χ2v) is 4.01. The lowest BCUT2D eigenvalue weighted by Gasteiger charge is -2.04. The lowest BCUT2D eigenvalue weighted by Crippen LogP contribution is -1.86. The number of rotatable bonds is 4. The molecule has 0 fully saturated rings. The molecule has 0 nitrogen and oxygen atoms in total. The Morgan fingerprint density at radius 1 is 1.46 bits per heavy atom. The molecule has 0 N–H and O–H groups in total. The van der Waals surface area contributed by atoms with Gasteiger partial charge in [-0.15, -0.1) is 0 Å². The molecule has 0 bridgehead atoms. The Hall–Kier alpha value is -0.560. The van der Waals surface area contributed by atoms with Crippen LogP contribution in [0.1, 0.15) is 30.9 Å². The minimum absolute atomic E-state index is 1.16. The van der Waals surface area contributed by atoms with Gasteiger partial charge in [-0.1, -0.05) is 54.1 Å². The summed E-state index contributed by atoms with van der Waals surface area (Å²) < 4.78 is 1.21. The van der Waals surface area contributed by atoms with Crippen molar-refractivity contribution in [3.8, 4) is 0 Å². The van der Waals surface area contributed by atoms with Crippen LogP contribution in [0.3, 0.4) is 0 Å². The Morgan fingerprint density at radius 2 is 2.23 bits per heavy atom. The van der Waals surface area contributed by atoms with Crippen molar-refractivity contribution in [1.29, 1.82) is 0 Å². The second-order valence-electron chi connectivity index (χ2n) is 3.16. The number of unbranched alkanes of at least 4 members (excludes halogenated alkanes) is 1. The highest BCUT2D eigenvalue weighted by molar-refractivity contribution is 9.10. The summed E-state index contributed by atoms with van der Waals surface area (Å²) in [6.45, 7) is 5.96. The third-order valence-corrected chi connectivity index (χ3v) is 2.85. The molecule has 70 valence electrons. The molecular weight excluding hydrogens is 224 g/mol.